The molecule has 0 saturated carbocycles. The van der Waals surface area contributed by atoms with Crippen molar-refractivity contribution >= 4 is 29.7 Å². The second-order valence-electron chi connectivity index (χ2n) is 7.56. The topological polar surface area (TPSA) is 0 Å². The molecule has 0 spiro atoms. The van der Waals surface area contributed by atoms with Crippen LogP contribution < -0.4 is 0 Å². The summed E-state index contributed by atoms with van der Waals surface area (Å²) in [6, 6.07) is 18.3. The first-order valence-corrected chi connectivity index (χ1v) is 20.1. The molecule has 2 aromatic rings. The molecule has 0 N–H and O–H groups in total. The minimum Gasteiger partial charge on any atom is -0.130 e. The molecular formula is C23H28ClSiZr. The Kier molecular flexibility index (Phi) is 6.59. The molecule has 3 heteroatoms. The normalized spacial score (nSPS) is 20.0. The molecule has 2 aliphatic rings. The summed E-state index contributed by atoms with van der Waals surface area (Å²) in [5, 5.41) is 0. The molecule has 0 fully saturated rings. The number of halogens is 1. The second kappa shape index (κ2) is 8.55. The molecule has 135 valence electrons. The van der Waals surface area contributed by atoms with Crippen molar-refractivity contribution in [3.63, 3.8) is 0 Å². The molecule has 0 aliphatic heterocycles. The number of fused-ring (bicyclic) bond motifs is 2. The van der Waals surface area contributed by atoms with Crippen LogP contribution in [0.2, 0.25) is 13.1 Å². The Morgan fingerprint density at radius 2 is 1.12 bits per heavy atom. The van der Waals surface area contributed by atoms with E-state index in [1.165, 1.54) is 17.5 Å². The van der Waals surface area contributed by atoms with Gasteiger partial charge in [-0.1, -0.05) is 0 Å². The predicted octanol–water partition coefficient (Wildman–Crippen LogP) is 6.76. The zero-order valence-electron chi connectivity index (χ0n) is 16.4. The molecule has 0 aromatic heterocycles. The third kappa shape index (κ3) is 3.53. The van der Waals surface area contributed by atoms with Gasteiger partial charge in [0.15, 0.2) is 0 Å². The van der Waals surface area contributed by atoms with E-state index in [1.54, 1.807) is 22.3 Å². The number of allylic oxidation sites excluding steroid dienone is 2. The summed E-state index contributed by atoms with van der Waals surface area (Å²) in [4.78, 5) is 0. The average Bonchev–Trinajstić information content (AvgIpc) is 3.14. The van der Waals surface area contributed by atoms with Crippen molar-refractivity contribution in [2.24, 2.45) is 0 Å². The number of benzene rings is 2. The van der Waals surface area contributed by atoms with E-state index < -0.39 is 26.8 Å². The van der Waals surface area contributed by atoms with Gasteiger partial charge in [-0.05, 0) is 0 Å². The van der Waals surface area contributed by atoms with E-state index in [4.69, 9.17) is 0 Å². The Balaban J connectivity index is 0.000000948. The monoisotopic (exact) mass is 457 g/mol. The summed E-state index contributed by atoms with van der Waals surface area (Å²) in [7, 11) is 0. The van der Waals surface area contributed by atoms with Crippen molar-refractivity contribution in [3.8, 4) is 0 Å². The van der Waals surface area contributed by atoms with E-state index in [0.717, 1.165) is 7.25 Å². The van der Waals surface area contributed by atoms with Crippen LogP contribution >= 0.6 is 11.6 Å². The number of hydrogen-bond donors (Lipinski definition) is 0. The van der Waals surface area contributed by atoms with Crippen LogP contribution in [0.4, 0.5) is 0 Å². The predicted molar refractivity (Wildman–Crippen MR) is 116 cm³/mol. The Hall–Kier alpha value is -0.690. The Morgan fingerprint density at radius 1 is 0.731 bits per heavy atom. The Labute approximate surface area is 172 Å². The number of alkyl halides is 1. The van der Waals surface area contributed by atoms with Crippen LogP contribution in [0.25, 0.3) is 12.2 Å². The maximum Gasteiger partial charge on any atom is 0.0108 e. The molecule has 0 bridgehead atoms. The Bertz CT molecular complexity index is 785. The minimum atomic E-state index is -1.72. The van der Waals surface area contributed by atoms with E-state index >= 15 is 0 Å². The molecule has 0 saturated heterocycles. The molecule has 2 unspecified atom stereocenters. The number of rotatable bonds is 3. The maximum atomic E-state index is 4.64. The summed E-state index contributed by atoms with van der Waals surface area (Å²) in [5.74, 6) is -0.671. The molecule has 2 aromatic carbocycles. The van der Waals surface area contributed by atoms with Crippen molar-refractivity contribution in [3.05, 3.63) is 81.9 Å². The third-order valence-corrected chi connectivity index (χ3v) is 27.8. The van der Waals surface area contributed by atoms with Crippen molar-refractivity contribution in [2.45, 2.75) is 34.2 Å². The zero-order valence-corrected chi connectivity index (χ0v) is 20.8. The summed E-state index contributed by atoms with van der Waals surface area (Å²) in [6.07, 6.45) is 6.41. The third-order valence-electron chi connectivity index (χ3n) is 5.62. The van der Waals surface area contributed by atoms with E-state index in [1.807, 2.05) is 0 Å². The first-order chi connectivity index (χ1) is 12.6. The van der Waals surface area contributed by atoms with Gasteiger partial charge in [-0.2, -0.15) is 0 Å². The molecule has 2 atom stereocenters. The van der Waals surface area contributed by atoms with E-state index in [9.17, 15) is 0 Å². The van der Waals surface area contributed by atoms with Gasteiger partial charge >= 0.3 is 155 Å². The first kappa shape index (κ1) is 20.1. The van der Waals surface area contributed by atoms with Gasteiger partial charge in [0.2, 0.25) is 0 Å². The fourth-order valence-corrected chi connectivity index (χ4v) is 27.9. The van der Waals surface area contributed by atoms with E-state index in [0.29, 0.717) is 0 Å². The molecule has 0 heterocycles. The van der Waals surface area contributed by atoms with E-state index in [-0.39, 0.29) is 0 Å². The summed E-state index contributed by atoms with van der Waals surface area (Å²) in [5.41, 5.74) is 9.54. The van der Waals surface area contributed by atoms with Crippen molar-refractivity contribution in [2.75, 3.05) is 6.38 Å². The van der Waals surface area contributed by atoms with Crippen LogP contribution in [0.15, 0.2) is 59.7 Å². The summed E-state index contributed by atoms with van der Waals surface area (Å²) >= 11 is 2.92. The van der Waals surface area contributed by atoms with Crippen LogP contribution in [0, 0.1) is 0 Å². The zero-order chi connectivity index (χ0) is 18.8. The largest absolute Gasteiger partial charge is 0.130 e. The maximum absolute atomic E-state index is 4.64. The van der Waals surface area contributed by atoms with Crippen molar-refractivity contribution in [1.82, 2.24) is 0 Å². The molecule has 0 radical (unpaired) electrons. The van der Waals surface area contributed by atoms with Gasteiger partial charge < -0.3 is 0 Å². The Morgan fingerprint density at radius 3 is 1.50 bits per heavy atom. The number of hydrogen-bond acceptors (Lipinski definition) is 0. The van der Waals surface area contributed by atoms with Crippen LogP contribution in [0.1, 0.15) is 43.4 Å². The van der Waals surface area contributed by atoms with Gasteiger partial charge in [0, 0.05) is 6.38 Å². The molecular weight excluding hydrogens is 431 g/mol. The first-order valence-electron chi connectivity index (χ1n) is 9.36. The smallest absolute Gasteiger partial charge is 0.0108 e. The SMILES string of the molecule is CC1=Cc2ccccc2[CH]1[Zr]([CH]1C(C)=Cc2ccccc21)[SiH](C)C.CCl. The molecule has 0 nitrogen and oxygen atoms in total. The molecule has 2 aliphatic carbocycles. The fraction of sp³-hybridized carbons (Fsp3) is 0.304. The molecule has 26 heavy (non-hydrogen) atoms. The van der Waals surface area contributed by atoms with Gasteiger partial charge in [0.05, 0.1) is 0 Å². The van der Waals surface area contributed by atoms with Crippen LogP contribution in [-0.4, -0.2) is 12.3 Å². The van der Waals surface area contributed by atoms with Crippen molar-refractivity contribution in [1.29, 1.82) is 0 Å². The minimum absolute atomic E-state index is 0.671. The van der Waals surface area contributed by atoms with Crippen LogP contribution in [0.3, 0.4) is 0 Å². The van der Waals surface area contributed by atoms with Gasteiger partial charge in [0.25, 0.3) is 0 Å². The quantitative estimate of drug-likeness (QED) is 0.352. The molecule has 4 rings (SSSR count). The average molecular weight is 459 g/mol. The van der Waals surface area contributed by atoms with Crippen LogP contribution in [-0.2, 0) is 20.9 Å². The second-order valence-corrected chi connectivity index (χ2v) is 27.6. The van der Waals surface area contributed by atoms with Gasteiger partial charge in [0.1, 0.15) is 0 Å². The van der Waals surface area contributed by atoms with Crippen LogP contribution in [0.5, 0.6) is 0 Å². The standard InChI is InChI=1S/2C10H9.C2H7Si.CH3Cl.Zr/c2*1-8-6-9-4-2-3-5-10(9)7-8;1-3-2;1-2;/h2*2-7H,1H3;3H,1-2H3;1H3;. The molecule has 0 amide bonds. The van der Waals surface area contributed by atoms with Gasteiger partial charge in [-0.15, -0.1) is 11.6 Å². The van der Waals surface area contributed by atoms with E-state index in [2.05, 4.69) is 99.2 Å². The summed E-state index contributed by atoms with van der Waals surface area (Å²) < 4.78 is 1.57. The van der Waals surface area contributed by atoms with Gasteiger partial charge in [-0.3, -0.25) is 0 Å². The fourth-order valence-electron chi connectivity index (χ4n) is 4.68. The summed E-state index contributed by atoms with van der Waals surface area (Å²) in [6.45, 7) is 10.0. The van der Waals surface area contributed by atoms with Crippen molar-refractivity contribution < 1.29 is 20.9 Å². The van der Waals surface area contributed by atoms with Gasteiger partial charge in [-0.25, -0.2) is 0 Å².